The summed E-state index contributed by atoms with van der Waals surface area (Å²) in [4.78, 5) is 28.0. The fourth-order valence-electron chi connectivity index (χ4n) is 4.53. The molecular weight excluding hydrogens is 410 g/mol. The second kappa shape index (κ2) is 8.11. The highest BCUT2D eigenvalue weighted by Crippen LogP contribution is 2.34. The molecule has 1 saturated heterocycles. The highest BCUT2D eigenvalue weighted by molar-refractivity contribution is 7.21. The molecule has 1 unspecified atom stereocenters. The van der Waals surface area contributed by atoms with Crippen LogP contribution in [0, 0.1) is 0 Å². The molecule has 1 aliphatic rings. The van der Waals surface area contributed by atoms with Crippen LogP contribution < -0.4 is 5.73 Å². The first kappa shape index (κ1) is 19.7. The number of primary amides is 1. The van der Waals surface area contributed by atoms with Gasteiger partial charge in [0.15, 0.2) is 0 Å². The summed E-state index contributed by atoms with van der Waals surface area (Å²) in [5, 5.41) is 9.38. The number of aromatic nitrogens is 3. The van der Waals surface area contributed by atoms with Crippen LogP contribution in [0.4, 0.5) is 0 Å². The largest absolute Gasteiger partial charge is 0.365 e. The van der Waals surface area contributed by atoms with E-state index in [-0.39, 0.29) is 18.5 Å². The molecule has 1 atom stereocenters. The molecule has 0 aliphatic carbocycles. The number of benzene rings is 2. The maximum atomic E-state index is 13.3. The van der Waals surface area contributed by atoms with Crippen molar-refractivity contribution in [3.8, 4) is 0 Å². The van der Waals surface area contributed by atoms with Crippen LogP contribution in [0.3, 0.4) is 0 Å². The van der Waals surface area contributed by atoms with Gasteiger partial charge in [0.2, 0.25) is 5.91 Å². The van der Waals surface area contributed by atoms with E-state index in [4.69, 9.17) is 5.73 Å². The van der Waals surface area contributed by atoms with E-state index >= 15 is 0 Å². The number of rotatable bonds is 5. The third-order valence-corrected chi connectivity index (χ3v) is 7.24. The highest BCUT2D eigenvalue weighted by Gasteiger charge is 2.29. The van der Waals surface area contributed by atoms with Crippen molar-refractivity contribution in [2.45, 2.75) is 38.3 Å². The first-order valence-electron chi connectivity index (χ1n) is 10.5. The Hall–Kier alpha value is -3.26. The number of hydrogen-bond acceptors (Lipinski definition) is 5. The van der Waals surface area contributed by atoms with Gasteiger partial charge in [-0.1, -0.05) is 35.5 Å². The first-order chi connectivity index (χ1) is 15.1. The minimum Gasteiger partial charge on any atom is -0.365 e. The van der Waals surface area contributed by atoms with Gasteiger partial charge >= 0.3 is 0 Å². The van der Waals surface area contributed by atoms with Crippen LogP contribution in [0.5, 0.6) is 0 Å². The Balaban J connectivity index is 1.42. The molecule has 1 fully saturated rings. The summed E-state index contributed by atoms with van der Waals surface area (Å²) in [5.74, 6) is -0.375. The summed E-state index contributed by atoms with van der Waals surface area (Å²) in [5.41, 5.74) is 8.29. The SMILES string of the molecule is NC(=O)c1sc2ccccc2c1CC1CCCCN1C(=O)Cn1nnc2ccccc21. The molecule has 4 aromatic rings. The normalized spacial score (nSPS) is 16.8. The average Bonchev–Trinajstić information content (AvgIpc) is 3.36. The molecule has 2 aromatic carbocycles. The molecule has 158 valence electrons. The van der Waals surface area contributed by atoms with Crippen molar-refractivity contribution in [3.63, 3.8) is 0 Å². The van der Waals surface area contributed by atoms with Gasteiger partial charge in [0.1, 0.15) is 12.1 Å². The van der Waals surface area contributed by atoms with Gasteiger partial charge in [-0.2, -0.15) is 0 Å². The number of amides is 2. The second-order valence-electron chi connectivity index (χ2n) is 7.95. The molecule has 8 heteroatoms. The number of thiophene rings is 1. The summed E-state index contributed by atoms with van der Waals surface area (Å²) < 4.78 is 2.71. The Morgan fingerprint density at radius 2 is 1.90 bits per heavy atom. The summed E-state index contributed by atoms with van der Waals surface area (Å²) in [7, 11) is 0. The zero-order valence-electron chi connectivity index (χ0n) is 17.0. The van der Waals surface area contributed by atoms with Gasteiger partial charge in [-0.25, -0.2) is 4.68 Å². The van der Waals surface area contributed by atoms with Crippen molar-refractivity contribution in [3.05, 3.63) is 59.0 Å². The number of para-hydroxylation sites is 1. The van der Waals surface area contributed by atoms with E-state index in [1.807, 2.05) is 53.4 Å². The zero-order chi connectivity index (χ0) is 21.4. The monoisotopic (exact) mass is 433 g/mol. The number of hydrogen-bond donors (Lipinski definition) is 1. The van der Waals surface area contributed by atoms with Crippen LogP contribution in [0.15, 0.2) is 48.5 Å². The van der Waals surface area contributed by atoms with Crippen LogP contribution >= 0.6 is 11.3 Å². The lowest BCUT2D eigenvalue weighted by Crippen LogP contribution is -2.46. The maximum Gasteiger partial charge on any atom is 0.259 e. The summed E-state index contributed by atoms with van der Waals surface area (Å²) in [6.45, 7) is 0.869. The third kappa shape index (κ3) is 3.67. The maximum absolute atomic E-state index is 13.3. The van der Waals surface area contributed by atoms with Crippen LogP contribution in [0.1, 0.15) is 34.5 Å². The molecule has 2 amide bonds. The topological polar surface area (TPSA) is 94.1 Å². The molecule has 2 N–H and O–H groups in total. The smallest absolute Gasteiger partial charge is 0.259 e. The number of fused-ring (bicyclic) bond motifs is 2. The predicted molar refractivity (Wildman–Crippen MR) is 121 cm³/mol. The fourth-order valence-corrected chi connectivity index (χ4v) is 5.62. The van der Waals surface area contributed by atoms with E-state index in [0.29, 0.717) is 17.8 Å². The minimum absolute atomic E-state index is 0.0283. The second-order valence-corrected chi connectivity index (χ2v) is 9.00. The number of likely N-dealkylation sites (tertiary alicyclic amines) is 1. The van der Waals surface area contributed by atoms with Gasteiger partial charge in [-0.3, -0.25) is 9.59 Å². The van der Waals surface area contributed by atoms with Gasteiger partial charge in [-0.15, -0.1) is 16.4 Å². The lowest BCUT2D eigenvalue weighted by atomic mass is 9.94. The standard InChI is InChI=1S/C23H23N5O2S/c24-23(30)22-17(16-8-1-4-11-20(16)31-22)13-15-7-5-6-12-27(15)21(29)14-28-19-10-3-2-9-18(19)25-26-28/h1-4,8-11,15H,5-7,12-14H2,(H2,24,30). The number of piperidine rings is 1. The molecule has 0 saturated carbocycles. The lowest BCUT2D eigenvalue weighted by molar-refractivity contribution is -0.135. The Morgan fingerprint density at radius 3 is 2.77 bits per heavy atom. The van der Waals surface area contributed by atoms with Crippen molar-refractivity contribution >= 4 is 44.3 Å². The zero-order valence-corrected chi connectivity index (χ0v) is 17.8. The van der Waals surface area contributed by atoms with E-state index in [9.17, 15) is 9.59 Å². The van der Waals surface area contributed by atoms with Gasteiger partial charge in [0.25, 0.3) is 5.91 Å². The van der Waals surface area contributed by atoms with E-state index in [1.54, 1.807) is 4.68 Å². The van der Waals surface area contributed by atoms with Crippen molar-refractivity contribution in [2.75, 3.05) is 6.54 Å². The predicted octanol–water partition coefficient (Wildman–Crippen LogP) is 3.37. The van der Waals surface area contributed by atoms with E-state index in [1.165, 1.54) is 11.3 Å². The van der Waals surface area contributed by atoms with Crippen molar-refractivity contribution in [1.82, 2.24) is 19.9 Å². The molecule has 0 bridgehead atoms. The minimum atomic E-state index is -0.404. The van der Waals surface area contributed by atoms with Crippen molar-refractivity contribution in [2.24, 2.45) is 5.73 Å². The van der Waals surface area contributed by atoms with Gasteiger partial charge < -0.3 is 10.6 Å². The number of nitrogens with two attached hydrogens (primary N) is 1. The molecule has 3 heterocycles. The quantitative estimate of drug-likeness (QED) is 0.522. The molecule has 0 spiro atoms. The lowest BCUT2D eigenvalue weighted by Gasteiger charge is -2.36. The third-order valence-electron chi connectivity index (χ3n) is 6.01. The molecule has 2 aromatic heterocycles. The molecular formula is C23H23N5O2S. The van der Waals surface area contributed by atoms with Crippen LogP contribution in [-0.4, -0.2) is 44.3 Å². The van der Waals surface area contributed by atoms with Crippen molar-refractivity contribution < 1.29 is 9.59 Å². The van der Waals surface area contributed by atoms with Gasteiger partial charge in [-0.05, 0) is 54.8 Å². The van der Waals surface area contributed by atoms with Gasteiger partial charge in [0.05, 0.1) is 10.4 Å². The number of nitrogens with zero attached hydrogens (tertiary/aromatic N) is 4. The molecule has 0 radical (unpaired) electrons. The summed E-state index contributed by atoms with van der Waals surface area (Å²) >= 11 is 1.44. The van der Waals surface area contributed by atoms with Crippen LogP contribution in [-0.2, 0) is 17.8 Å². The summed E-state index contributed by atoms with van der Waals surface area (Å²) in [6, 6.07) is 15.7. The van der Waals surface area contributed by atoms with Crippen LogP contribution in [0.25, 0.3) is 21.1 Å². The molecule has 5 rings (SSSR count). The van der Waals surface area contributed by atoms with Crippen LogP contribution in [0.2, 0.25) is 0 Å². The van der Waals surface area contributed by atoms with Gasteiger partial charge in [0, 0.05) is 17.3 Å². The Kier molecular flexibility index (Phi) is 5.15. The van der Waals surface area contributed by atoms with E-state index in [2.05, 4.69) is 10.3 Å². The molecule has 1 aliphatic heterocycles. The van der Waals surface area contributed by atoms with Crippen molar-refractivity contribution in [1.29, 1.82) is 0 Å². The summed E-state index contributed by atoms with van der Waals surface area (Å²) in [6.07, 6.45) is 3.58. The van der Waals surface area contributed by atoms with E-state index < -0.39 is 5.91 Å². The Labute approximate surface area is 183 Å². The Bertz CT molecular complexity index is 1280. The number of carbonyl (C=O) groups excluding carboxylic acids is 2. The Morgan fingerprint density at radius 1 is 1.10 bits per heavy atom. The number of carbonyl (C=O) groups is 2. The first-order valence-corrected chi connectivity index (χ1v) is 11.3. The molecule has 31 heavy (non-hydrogen) atoms. The highest BCUT2D eigenvalue weighted by atomic mass is 32.1. The average molecular weight is 434 g/mol. The van der Waals surface area contributed by atoms with E-state index in [0.717, 1.165) is 45.9 Å². The fraction of sp³-hybridized carbons (Fsp3) is 0.304. The molecule has 7 nitrogen and oxygen atoms in total.